The molecule has 0 radical (unpaired) electrons. The third-order valence-electron chi connectivity index (χ3n) is 4.23. The number of hydrogen-bond acceptors (Lipinski definition) is 5. The van der Waals surface area contributed by atoms with Crippen LogP contribution in [-0.2, 0) is 4.43 Å². The van der Waals surface area contributed by atoms with Crippen LogP contribution in [0.4, 0.5) is 5.82 Å². The van der Waals surface area contributed by atoms with E-state index in [1.54, 1.807) is 18.5 Å². The van der Waals surface area contributed by atoms with Crippen molar-refractivity contribution in [2.24, 2.45) is 0 Å². The van der Waals surface area contributed by atoms with E-state index in [1.165, 1.54) is 6.33 Å². The quantitative estimate of drug-likeness (QED) is 0.561. The van der Waals surface area contributed by atoms with Crippen molar-refractivity contribution < 1.29 is 9.22 Å². The Hall–Kier alpha value is -2.58. The Morgan fingerprint density at radius 1 is 1.18 bits per heavy atom. The molecule has 8 heteroatoms. The van der Waals surface area contributed by atoms with Crippen molar-refractivity contribution in [1.29, 1.82) is 0 Å². The van der Waals surface area contributed by atoms with Gasteiger partial charge in [-0.2, -0.15) is 0 Å². The predicted octanol–water partition coefficient (Wildman–Crippen LogP) is 4.62. The SMILES string of the molecule is CCCCC(O[Si](C)(C)C)n1cnc2c(NC(=O)c3ccccc3)ncnc21. The van der Waals surface area contributed by atoms with Gasteiger partial charge < -0.3 is 9.74 Å². The molecule has 0 aliphatic carbocycles. The van der Waals surface area contributed by atoms with Crippen LogP contribution in [-0.4, -0.2) is 33.7 Å². The van der Waals surface area contributed by atoms with Gasteiger partial charge in [0.25, 0.3) is 5.91 Å². The lowest BCUT2D eigenvalue weighted by molar-refractivity contribution is 0.102. The fourth-order valence-electron chi connectivity index (χ4n) is 2.97. The number of unbranched alkanes of at least 4 members (excludes halogenated alkanes) is 1. The molecule has 1 atom stereocenters. The molecule has 1 aromatic carbocycles. The minimum atomic E-state index is -1.76. The zero-order valence-electron chi connectivity index (χ0n) is 16.8. The van der Waals surface area contributed by atoms with Crippen LogP contribution in [0.25, 0.3) is 11.2 Å². The summed E-state index contributed by atoms with van der Waals surface area (Å²) in [5.74, 6) is 0.177. The second kappa shape index (κ2) is 8.62. The zero-order valence-corrected chi connectivity index (χ0v) is 17.8. The van der Waals surface area contributed by atoms with E-state index in [2.05, 4.69) is 46.8 Å². The van der Waals surface area contributed by atoms with E-state index in [-0.39, 0.29) is 12.1 Å². The van der Waals surface area contributed by atoms with E-state index in [1.807, 2.05) is 22.8 Å². The van der Waals surface area contributed by atoms with Gasteiger partial charge >= 0.3 is 0 Å². The summed E-state index contributed by atoms with van der Waals surface area (Å²) in [5, 5.41) is 2.85. The van der Waals surface area contributed by atoms with Crippen LogP contribution in [0.15, 0.2) is 43.0 Å². The summed E-state index contributed by atoms with van der Waals surface area (Å²) >= 11 is 0. The van der Waals surface area contributed by atoms with E-state index >= 15 is 0 Å². The first-order chi connectivity index (χ1) is 13.4. The van der Waals surface area contributed by atoms with Crippen molar-refractivity contribution in [3.8, 4) is 0 Å². The lowest BCUT2D eigenvalue weighted by Gasteiger charge is -2.27. The second-order valence-corrected chi connectivity index (χ2v) is 12.2. The van der Waals surface area contributed by atoms with Crippen LogP contribution in [0.3, 0.4) is 0 Å². The van der Waals surface area contributed by atoms with Gasteiger partial charge in [0.2, 0.25) is 0 Å². The largest absolute Gasteiger partial charge is 0.397 e. The monoisotopic (exact) mass is 397 g/mol. The van der Waals surface area contributed by atoms with Crippen molar-refractivity contribution >= 4 is 31.2 Å². The fraction of sp³-hybridized carbons (Fsp3) is 0.400. The normalized spacial score (nSPS) is 12.9. The van der Waals surface area contributed by atoms with Crippen molar-refractivity contribution in [3.05, 3.63) is 48.5 Å². The summed E-state index contributed by atoms with van der Waals surface area (Å²) in [4.78, 5) is 25.6. The number of nitrogens with zero attached hydrogens (tertiary/aromatic N) is 4. The van der Waals surface area contributed by atoms with Gasteiger partial charge in [-0.3, -0.25) is 9.36 Å². The average Bonchev–Trinajstić information content (AvgIpc) is 3.10. The third kappa shape index (κ3) is 4.82. The Balaban J connectivity index is 1.92. The Kier molecular flexibility index (Phi) is 6.20. The third-order valence-corrected chi connectivity index (χ3v) is 5.21. The van der Waals surface area contributed by atoms with Gasteiger partial charge in [0, 0.05) is 5.56 Å². The molecule has 7 nitrogen and oxygen atoms in total. The first-order valence-electron chi connectivity index (χ1n) is 9.61. The molecule has 0 spiro atoms. The Bertz CT molecular complexity index is 937. The number of carbonyl (C=O) groups excluding carboxylic acids is 1. The number of benzene rings is 1. The molecule has 0 aliphatic rings. The summed E-state index contributed by atoms with van der Waals surface area (Å²) in [7, 11) is -1.76. The average molecular weight is 398 g/mol. The molecule has 0 aliphatic heterocycles. The van der Waals surface area contributed by atoms with E-state index in [0.717, 1.165) is 19.3 Å². The van der Waals surface area contributed by atoms with Crippen molar-refractivity contribution in [1.82, 2.24) is 19.5 Å². The highest BCUT2D eigenvalue weighted by Crippen LogP contribution is 2.27. The smallest absolute Gasteiger partial charge is 0.256 e. The summed E-state index contributed by atoms with van der Waals surface area (Å²) in [6, 6.07) is 9.04. The predicted molar refractivity (Wildman–Crippen MR) is 113 cm³/mol. The summed E-state index contributed by atoms with van der Waals surface area (Å²) in [6.45, 7) is 8.68. The summed E-state index contributed by atoms with van der Waals surface area (Å²) in [6.07, 6.45) is 6.10. The summed E-state index contributed by atoms with van der Waals surface area (Å²) < 4.78 is 8.36. The van der Waals surface area contributed by atoms with E-state index in [4.69, 9.17) is 4.43 Å². The van der Waals surface area contributed by atoms with Crippen LogP contribution in [0, 0.1) is 0 Å². The Labute approximate surface area is 166 Å². The van der Waals surface area contributed by atoms with Crippen LogP contribution in [0.2, 0.25) is 19.6 Å². The summed E-state index contributed by atoms with van der Waals surface area (Å²) in [5.41, 5.74) is 1.79. The number of imidazole rings is 1. The van der Waals surface area contributed by atoms with Crippen molar-refractivity contribution in [3.63, 3.8) is 0 Å². The second-order valence-electron chi connectivity index (χ2n) is 7.69. The molecule has 1 unspecified atom stereocenters. The first-order valence-corrected chi connectivity index (χ1v) is 13.0. The lowest BCUT2D eigenvalue weighted by atomic mass is 10.2. The molecule has 3 rings (SSSR count). The van der Waals surface area contributed by atoms with Gasteiger partial charge in [-0.25, -0.2) is 15.0 Å². The molecule has 0 bridgehead atoms. The van der Waals surface area contributed by atoms with Crippen LogP contribution >= 0.6 is 0 Å². The molecule has 1 amide bonds. The van der Waals surface area contributed by atoms with Gasteiger partial charge in [-0.15, -0.1) is 0 Å². The highest BCUT2D eigenvalue weighted by Gasteiger charge is 2.24. The molecule has 3 aromatic rings. The molecule has 0 saturated heterocycles. The molecule has 0 saturated carbocycles. The minimum absolute atomic E-state index is 0.121. The number of aromatic nitrogens is 4. The standard InChI is InChI=1S/C20H27N5O2Si/c1-5-6-12-16(27-28(2,3)4)25-14-23-17-18(21-13-22-19(17)25)24-20(26)15-10-8-7-9-11-15/h7-11,13-14,16H,5-6,12H2,1-4H3,(H,21,22,24,26). The van der Waals surface area contributed by atoms with Gasteiger partial charge in [-0.05, 0) is 44.6 Å². The first kappa shape index (κ1) is 20.2. The maximum atomic E-state index is 12.5. The van der Waals surface area contributed by atoms with E-state index < -0.39 is 8.32 Å². The van der Waals surface area contributed by atoms with Gasteiger partial charge in [0.15, 0.2) is 25.3 Å². The minimum Gasteiger partial charge on any atom is -0.397 e. The highest BCUT2D eigenvalue weighted by atomic mass is 28.4. The topological polar surface area (TPSA) is 81.9 Å². The van der Waals surface area contributed by atoms with Gasteiger partial charge in [0.1, 0.15) is 12.6 Å². The molecule has 148 valence electrons. The number of anilines is 1. The van der Waals surface area contributed by atoms with Crippen LogP contribution in [0.1, 0.15) is 42.8 Å². The molecule has 2 aromatic heterocycles. The van der Waals surface area contributed by atoms with E-state index in [0.29, 0.717) is 22.5 Å². The maximum Gasteiger partial charge on any atom is 0.256 e. The van der Waals surface area contributed by atoms with Crippen molar-refractivity contribution in [2.75, 3.05) is 5.32 Å². The molecule has 28 heavy (non-hydrogen) atoms. The number of fused-ring (bicyclic) bond motifs is 1. The highest BCUT2D eigenvalue weighted by molar-refractivity contribution is 6.69. The zero-order chi connectivity index (χ0) is 20.1. The van der Waals surface area contributed by atoms with Gasteiger partial charge in [0.05, 0.1) is 6.33 Å². The fourth-order valence-corrected chi connectivity index (χ4v) is 4.01. The van der Waals surface area contributed by atoms with Gasteiger partial charge in [-0.1, -0.05) is 31.5 Å². The number of amides is 1. The Morgan fingerprint density at radius 3 is 2.61 bits per heavy atom. The molecular weight excluding hydrogens is 370 g/mol. The van der Waals surface area contributed by atoms with Crippen LogP contribution in [0.5, 0.6) is 0 Å². The Morgan fingerprint density at radius 2 is 1.93 bits per heavy atom. The molecular formula is C20H27N5O2Si. The number of hydrogen-bond donors (Lipinski definition) is 1. The van der Waals surface area contributed by atoms with Crippen molar-refractivity contribution in [2.45, 2.75) is 52.1 Å². The molecule has 1 N–H and O–H groups in total. The number of rotatable bonds is 8. The van der Waals surface area contributed by atoms with E-state index in [9.17, 15) is 4.79 Å². The maximum absolute atomic E-state index is 12.5. The number of carbonyl (C=O) groups is 1. The molecule has 2 heterocycles. The van der Waals surface area contributed by atoms with Crippen LogP contribution < -0.4 is 5.32 Å². The molecule has 0 fully saturated rings. The number of nitrogens with one attached hydrogen (secondary N) is 1. The lowest BCUT2D eigenvalue weighted by Crippen LogP contribution is -2.30.